The van der Waals surface area contributed by atoms with Gasteiger partial charge in [-0.05, 0) is 44.1 Å². The summed E-state index contributed by atoms with van der Waals surface area (Å²) in [5.74, 6) is 0.723. The van der Waals surface area contributed by atoms with Gasteiger partial charge in [0.1, 0.15) is 0 Å². The van der Waals surface area contributed by atoms with Gasteiger partial charge in [-0.15, -0.1) is 0 Å². The lowest BCUT2D eigenvalue weighted by Gasteiger charge is -2.32. The molecule has 0 amide bonds. The van der Waals surface area contributed by atoms with E-state index in [4.69, 9.17) is 5.73 Å². The minimum absolute atomic E-state index is 0.362. The maximum Gasteiger partial charge on any atom is 0.0131 e. The lowest BCUT2D eigenvalue weighted by Crippen LogP contribution is -2.43. The van der Waals surface area contributed by atoms with Crippen LogP contribution in [-0.4, -0.2) is 30.6 Å². The summed E-state index contributed by atoms with van der Waals surface area (Å²) in [6, 6.07) is 1.24. The Labute approximate surface area is 101 Å². The van der Waals surface area contributed by atoms with Crippen molar-refractivity contribution in [1.29, 1.82) is 0 Å². The molecule has 2 atom stereocenters. The summed E-state index contributed by atoms with van der Waals surface area (Å²) in [5.41, 5.74) is 6.74. The van der Waals surface area contributed by atoms with Gasteiger partial charge in [0.15, 0.2) is 0 Å². The van der Waals surface area contributed by atoms with E-state index in [0.717, 1.165) is 12.0 Å². The Balaban J connectivity index is 1.85. The monoisotopic (exact) mass is 224 g/mol. The zero-order chi connectivity index (χ0) is 11.8. The molecule has 0 spiro atoms. The molecule has 0 radical (unpaired) electrons. The standard InChI is InChI=1S/C14H28N2/c1-14(2)9-8-11(13(14)15)10-16(3)12-6-4-5-7-12/h11-13H,4-10,15H2,1-3H3. The van der Waals surface area contributed by atoms with Crippen molar-refractivity contribution in [2.24, 2.45) is 17.1 Å². The van der Waals surface area contributed by atoms with E-state index < -0.39 is 0 Å². The van der Waals surface area contributed by atoms with Crippen LogP contribution in [0.3, 0.4) is 0 Å². The highest BCUT2D eigenvalue weighted by atomic mass is 15.1. The third-order valence-corrected chi connectivity index (χ3v) is 5.04. The van der Waals surface area contributed by atoms with Gasteiger partial charge < -0.3 is 10.6 Å². The highest BCUT2D eigenvalue weighted by molar-refractivity contribution is 4.95. The minimum atomic E-state index is 0.362. The number of hydrogen-bond acceptors (Lipinski definition) is 2. The van der Waals surface area contributed by atoms with Crippen LogP contribution < -0.4 is 5.73 Å². The lowest BCUT2D eigenvalue weighted by molar-refractivity contribution is 0.188. The molecule has 2 heteroatoms. The van der Waals surface area contributed by atoms with Crippen LogP contribution >= 0.6 is 0 Å². The molecule has 2 fully saturated rings. The molecule has 0 aromatic carbocycles. The van der Waals surface area contributed by atoms with E-state index >= 15 is 0 Å². The number of hydrogen-bond donors (Lipinski definition) is 1. The van der Waals surface area contributed by atoms with Gasteiger partial charge >= 0.3 is 0 Å². The molecule has 0 aromatic rings. The molecule has 0 heterocycles. The van der Waals surface area contributed by atoms with Crippen LogP contribution in [0.2, 0.25) is 0 Å². The summed E-state index contributed by atoms with van der Waals surface area (Å²) in [7, 11) is 2.30. The second-order valence-electron chi connectivity index (χ2n) is 6.69. The van der Waals surface area contributed by atoms with Crippen LogP contribution in [0.15, 0.2) is 0 Å². The van der Waals surface area contributed by atoms with Crippen LogP contribution in [0, 0.1) is 11.3 Å². The number of nitrogens with zero attached hydrogens (tertiary/aromatic N) is 1. The zero-order valence-electron chi connectivity index (χ0n) is 11.2. The summed E-state index contributed by atoms with van der Waals surface area (Å²) in [6.07, 6.45) is 8.29. The van der Waals surface area contributed by atoms with E-state index in [1.54, 1.807) is 0 Å². The van der Waals surface area contributed by atoms with Crippen molar-refractivity contribution in [3.8, 4) is 0 Å². The normalized spacial score (nSPS) is 35.1. The van der Waals surface area contributed by atoms with Crippen molar-refractivity contribution in [3.05, 3.63) is 0 Å². The van der Waals surface area contributed by atoms with Crippen LogP contribution in [-0.2, 0) is 0 Å². The van der Waals surface area contributed by atoms with Gasteiger partial charge in [0.05, 0.1) is 0 Å². The summed E-state index contributed by atoms with van der Waals surface area (Å²) >= 11 is 0. The Hall–Kier alpha value is -0.0800. The van der Waals surface area contributed by atoms with Crippen molar-refractivity contribution in [3.63, 3.8) is 0 Å². The Morgan fingerprint density at radius 2 is 1.81 bits per heavy atom. The summed E-state index contributed by atoms with van der Waals surface area (Å²) in [4.78, 5) is 2.58. The van der Waals surface area contributed by atoms with E-state index in [1.807, 2.05) is 0 Å². The molecule has 2 aliphatic carbocycles. The van der Waals surface area contributed by atoms with E-state index in [2.05, 4.69) is 25.8 Å². The van der Waals surface area contributed by atoms with Gasteiger partial charge in [-0.25, -0.2) is 0 Å². The first kappa shape index (κ1) is 12.4. The van der Waals surface area contributed by atoms with Crippen molar-refractivity contribution in [2.75, 3.05) is 13.6 Å². The van der Waals surface area contributed by atoms with E-state index in [0.29, 0.717) is 11.5 Å². The quantitative estimate of drug-likeness (QED) is 0.798. The van der Waals surface area contributed by atoms with Crippen LogP contribution in [0.25, 0.3) is 0 Å². The number of rotatable bonds is 3. The summed E-state index contributed by atoms with van der Waals surface area (Å²) < 4.78 is 0. The van der Waals surface area contributed by atoms with Crippen LogP contribution in [0.5, 0.6) is 0 Å². The molecular formula is C14H28N2. The highest BCUT2D eigenvalue weighted by Crippen LogP contribution is 2.40. The fourth-order valence-electron chi connectivity index (χ4n) is 3.61. The van der Waals surface area contributed by atoms with Crippen LogP contribution in [0.4, 0.5) is 0 Å². The van der Waals surface area contributed by atoms with Gasteiger partial charge in [0.25, 0.3) is 0 Å². The van der Waals surface area contributed by atoms with E-state index in [1.165, 1.54) is 45.1 Å². The zero-order valence-corrected chi connectivity index (χ0v) is 11.2. The van der Waals surface area contributed by atoms with Gasteiger partial charge in [-0.3, -0.25) is 0 Å². The Morgan fingerprint density at radius 3 is 2.31 bits per heavy atom. The van der Waals surface area contributed by atoms with E-state index in [9.17, 15) is 0 Å². The molecule has 2 aliphatic rings. The average Bonchev–Trinajstić information content (AvgIpc) is 2.82. The van der Waals surface area contributed by atoms with E-state index in [-0.39, 0.29) is 0 Å². The molecule has 2 nitrogen and oxygen atoms in total. The SMILES string of the molecule is CN(CC1CCC(C)(C)C1N)C1CCCC1. The molecule has 16 heavy (non-hydrogen) atoms. The molecule has 2 N–H and O–H groups in total. The molecule has 0 aliphatic heterocycles. The molecule has 2 unspecified atom stereocenters. The van der Waals surface area contributed by atoms with Crippen molar-refractivity contribution < 1.29 is 0 Å². The molecule has 2 saturated carbocycles. The highest BCUT2D eigenvalue weighted by Gasteiger charge is 2.40. The molecular weight excluding hydrogens is 196 g/mol. The van der Waals surface area contributed by atoms with Gasteiger partial charge in [-0.1, -0.05) is 26.7 Å². The van der Waals surface area contributed by atoms with Crippen molar-refractivity contribution in [1.82, 2.24) is 4.90 Å². The fourth-order valence-corrected chi connectivity index (χ4v) is 3.61. The largest absolute Gasteiger partial charge is 0.327 e. The molecule has 2 rings (SSSR count). The minimum Gasteiger partial charge on any atom is -0.327 e. The molecule has 94 valence electrons. The number of nitrogens with two attached hydrogens (primary N) is 1. The molecule has 0 bridgehead atoms. The lowest BCUT2D eigenvalue weighted by atomic mass is 9.85. The van der Waals surface area contributed by atoms with Crippen LogP contribution in [0.1, 0.15) is 52.4 Å². The first-order valence-corrected chi connectivity index (χ1v) is 6.96. The Morgan fingerprint density at radius 1 is 1.19 bits per heavy atom. The summed E-state index contributed by atoms with van der Waals surface area (Å²) in [6.45, 7) is 5.87. The first-order chi connectivity index (χ1) is 7.50. The first-order valence-electron chi connectivity index (χ1n) is 6.96. The molecule has 0 aromatic heterocycles. The third kappa shape index (κ3) is 2.43. The van der Waals surface area contributed by atoms with Gasteiger partial charge in [-0.2, -0.15) is 0 Å². The second kappa shape index (κ2) is 4.66. The summed E-state index contributed by atoms with van der Waals surface area (Å²) in [5, 5.41) is 0. The predicted molar refractivity (Wildman–Crippen MR) is 69.4 cm³/mol. The maximum atomic E-state index is 6.38. The average molecular weight is 224 g/mol. The molecule has 0 saturated heterocycles. The smallest absolute Gasteiger partial charge is 0.0131 e. The second-order valence-corrected chi connectivity index (χ2v) is 6.69. The Bertz CT molecular complexity index is 231. The topological polar surface area (TPSA) is 29.3 Å². The van der Waals surface area contributed by atoms with Gasteiger partial charge in [0.2, 0.25) is 0 Å². The predicted octanol–water partition coefficient (Wildman–Crippen LogP) is 2.62. The van der Waals surface area contributed by atoms with Crippen molar-refractivity contribution in [2.45, 2.75) is 64.5 Å². The third-order valence-electron chi connectivity index (χ3n) is 5.04. The fraction of sp³-hybridized carbons (Fsp3) is 1.00. The Kier molecular flexibility index (Phi) is 3.60. The van der Waals surface area contributed by atoms with Crippen molar-refractivity contribution >= 4 is 0 Å². The maximum absolute atomic E-state index is 6.38. The van der Waals surface area contributed by atoms with Gasteiger partial charge in [0, 0.05) is 18.6 Å².